The Morgan fingerprint density at radius 2 is 2.22 bits per heavy atom. The highest BCUT2D eigenvalue weighted by molar-refractivity contribution is 7.80. The maximum absolute atomic E-state index is 11.9. The first kappa shape index (κ1) is 11.8. The maximum Gasteiger partial charge on any atom is 0.421 e. The molecule has 3 rings (SSSR count). The highest BCUT2D eigenvalue weighted by atomic mass is 32.1. The van der Waals surface area contributed by atoms with Crippen LogP contribution in [0.2, 0.25) is 0 Å². The van der Waals surface area contributed by atoms with Gasteiger partial charge in [0, 0.05) is 12.7 Å². The number of fused-ring (bicyclic) bond motifs is 1. The molecule has 4 nitrogen and oxygen atoms in total. The molecule has 0 saturated heterocycles. The summed E-state index contributed by atoms with van der Waals surface area (Å²) in [4.78, 5) is 16.2. The zero-order valence-electron chi connectivity index (χ0n) is 10.1. The van der Waals surface area contributed by atoms with Crippen molar-refractivity contribution in [2.75, 3.05) is 5.75 Å². The molecule has 1 saturated carbocycles. The van der Waals surface area contributed by atoms with E-state index in [-0.39, 0.29) is 11.2 Å². The number of thiol groups is 1. The molecular weight excluding hydrogens is 248 g/mol. The standard InChI is InChI=1S/C13H16N2O2S/c16-12-15(8-13(9-18)5-1-2-6-13)11-10(17-12)4-3-7-14-11/h3-4,7,18H,1-2,5-6,8-9H2. The normalized spacial score (nSPS) is 18.5. The molecule has 5 heteroatoms. The predicted molar refractivity (Wildman–Crippen MR) is 73.0 cm³/mol. The molecular formula is C13H16N2O2S. The minimum atomic E-state index is -0.309. The number of rotatable bonds is 3. The van der Waals surface area contributed by atoms with Crippen molar-refractivity contribution in [1.29, 1.82) is 0 Å². The maximum atomic E-state index is 11.9. The minimum Gasteiger partial charge on any atom is -0.406 e. The zero-order valence-corrected chi connectivity index (χ0v) is 11.0. The van der Waals surface area contributed by atoms with Crippen molar-refractivity contribution in [3.63, 3.8) is 0 Å². The van der Waals surface area contributed by atoms with Crippen LogP contribution < -0.4 is 5.76 Å². The number of pyridine rings is 1. The summed E-state index contributed by atoms with van der Waals surface area (Å²) in [6, 6.07) is 3.56. The topological polar surface area (TPSA) is 48.0 Å². The third-order valence-electron chi connectivity index (χ3n) is 3.92. The van der Waals surface area contributed by atoms with Gasteiger partial charge in [0.15, 0.2) is 11.2 Å². The van der Waals surface area contributed by atoms with E-state index >= 15 is 0 Å². The zero-order chi connectivity index (χ0) is 12.6. The van der Waals surface area contributed by atoms with Gasteiger partial charge >= 0.3 is 5.76 Å². The molecule has 1 aliphatic rings. The van der Waals surface area contributed by atoms with Crippen LogP contribution in [0.25, 0.3) is 11.2 Å². The van der Waals surface area contributed by atoms with Crippen LogP contribution in [0.15, 0.2) is 27.5 Å². The van der Waals surface area contributed by atoms with Crippen molar-refractivity contribution in [3.05, 3.63) is 28.9 Å². The molecule has 0 aromatic carbocycles. The summed E-state index contributed by atoms with van der Waals surface area (Å²) in [5.41, 5.74) is 1.34. The summed E-state index contributed by atoms with van der Waals surface area (Å²) in [6.45, 7) is 0.666. The summed E-state index contributed by atoms with van der Waals surface area (Å²) < 4.78 is 6.88. The molecule has 0 spiro atoms. The van der Waals surface area contributed by atoms with Gasteiger partial charge in [-0.15, -0.1) is 0 Å². The summed E-state index contributed by atoms with van der Waals surface area (Å²) >= 11 is 4.47. The van der Waals surface area contributed by atoms with Crippen LogP contribution in [-0.4, -0.2) is 15.3 Å². The van der Waals surface area contributed by atoms with E-state index in [4.69, 9.17) is 4.42 Å². The monoisotopic (exact) mass is 264 g/mol. The Bertz CT molecular complexity index is 611. The molecule has 1 aliphatic carbocycles. The fourth-order valence-electron chi connectivity index (χ4n) is 2.87. The van der Waals surface area contributed by atoms with Gasteiger partial charge in [0.2, 0.25) is 0 Å². The van der Waals surface area contributed by atoms with Gasteiger partial charge in [0.25, 0.3) is 0 Å². The van der Waals surface area contributed by atoms with E-state index in [1.165, 1.54) is 12.8 Å². The smallest absolute Gasteiger partial charge is 0.406 e. The SMILES string of the molecule is O=c1oc2cccnc2n1CC1(CS)CCCC1. The van der Waals surface area contributed by atoms with Crippen LogP contribution >= 0.6 is 12.6 Å². The minimum absolute atomic E-state index is 0.126. The first-order chi connectivity index (χ1) is 8.74. The molecule has 0 bridgehead atoms. The molecule has 2 aromatic rings. The van der Waals surface area contributed by atoms with Crippen LogP contribution in [0.3, 0.4) is 0 Å². The highest BCUT2D eigenvalue weighted by Crippen LogP contribution is 2.40. The van der Waals surface area contributed by atoms with Crippen LogP contribution in [0.1, 0.15) is 25.7 Å². The summed E-state index contributed by atoms with van der Waals surface area (Å²) in [7, 11) is 0. The molecule has 96 valence electrons. The first-order valence-corrected chi connectivity index (χ1v) is 6.93. The molecule has 18 heavy (non-hydrogen) atoms. The van der Waals surface area contributed by atoms with Crippen molar-refractivity contribution in [2.45, 2.75) is 32.2 Å². The lowest BCUT2D eigenvalue weighted by Crippen LogP contribution is -2.30. The Balaban J connectivity index is 2.04. The Kier molecular flexibility index (Phi) is 2.93. The van der Waals surface area contributed by atoms with Crippen molar-refractivity contribution in [1.82, 2.24) is 9.55 Å². The second-order valence-electron chi connectivity index (χ2n) is 5.14. The molecule has 0 amide bonds. The van der Waals surface area contributed by atoms with Gasteiger partial charge in [-0.1, -0.05) is 12.8 Å². The summed E-state index contributed by atoms with van der Waals surface area (Å²) in [5, 5.41) is 0. The fourth-order valence-corrected chi connectivity index (χ4v) is 3.28. The van der Waals surface area contributed by atoms with Crippen molar-refractivity contribution < 1.29 is 4.42 Å². The summed E-state index contributed by atoms with van der Waals surface area (Å²) in [5.74, 6) is 0.496. The average Bonchev–Trinajstić information content (AvgIpc) is 2.97. The molecule has 0 atom stereocenters. The van der Waals surface area contributed by atoms with E-state index in [9.17, 15) is 4.79 Å². The van der Waals surface area contributed by atoms with Crippen molar-refractivity contribution in [3.8, 4) is 0 Å². The van der Waals surface area contributed by atoms with E-state index in [0.29, 0.717) is 17.8 Å². The highest BCUT2D eigenvalue weighted by Gasteiger charge is 2.34. The molecule has 2 aromatic heterocycles. The number of hydrogen-bond donors (Lipinski definition) is 1. The van der Waals surface area contributed by atoms with Gasteiger partial charge in [0.05, 0.1) is 0 Å². The molecule has 0 aliphatic heterocycles. The van der Waals surface area contributed by atoms with Gasteiger partial charge < -0.3 is 4.42 Å². The van der Waals surface area contributed by atoms with Crippen LogP contribution in [0.5, 0.6) is 0 Å². The van der Waals surface area contributed by atoms with E-state index in [1.807, 2.05) is 0 Å². The van der Waals surface area contributed by atoms with Gasteiger partial charge in [0.1, 0.15) is 0 Å². The lowest BCUT2D eigenvalue weighted by atomic mass is 9.88. The van der Waals surface area contributed by atoms with Crippen LogP contribution in [-0.2, 0) is 6.54 Å². The summed E-state index contributed by atoms with van der Waals surface area (Å²) in [6.07, 6.45) is 6.39. The quantitative estimate of drug-likeness (QED) is 0.866. The van der Waals surface area contributed by atoms with Gasteiger partial charge in [-0.05, 0) is 36.1 Å². The third-order valence-corrected chi connectivity index (χ3v) is 4.59. The number of hydrogen-bond acceptors (Lipinski definition) is 4. The molecule has 0 unspecified atom stereocenters. The van der Waals surface area contributed by atoms with Crippen LogP contribution in [0.4, 0.5) is 0 Å². The van der Waals surface area contributed by atoms with E-state index < -0.39 is 0 Å². The molecule has 0 N–H and O–H groups in total. The number of nitrogens with zero attached hydrogens (tertiary/aromatic N) is 2. The lowest BCUT2D eigenvalue weighted by molar-refractivity contribution is 0.282. The van der Waals surface area contributed by atoms with Gasteiger partial charge in [-0.25, -0.2) is 9.78 Å². The van der Waals surface area contributed by atoms with Gasteiger partial charge in [-0.3, -0.25) is 4.57 Å². The van der Waals surface area contributed by atoms with Crippen molar-refractivity contribution in [2.24, 2.45) is 5.41 Å². The van der Waals surface area contributed by atoms with E-state index in [0.717, 1.165) is 18.6 Å². The Morgan fingerprint density at radius 3 is 2.94 bits per heavy atom. The largest absolute Gasteiger partial charge is 0.421 e. The molecule has 0 radical (unpaired) electrons. The third kappa shape index (κ3) is 1.86. The van der Waals surface area contributed by atoms with Crippen molar-refractivity contribution >= 4 is 23.9 Å². The second kappa shape index (κ2) is 4.46. The molecule has 1 fully saturated rings. The van der Waals surface area contributed by atoms with E-state index in [1.54, 1.807) is 22.9 Å². The Labute approximate surface area is 110 Å². The predicted octanol–water partition coefficient (Wildman–Crippen LogP) is 2.48. The van der Waals surface area contributed by atoms with Gasteiger partial charge in [-0.2, -0.15) is 12.6 Å². The average molecular weight is 264 g/mol. The van der Waals surface area contributed by atoms with E-state index in [2.05, 4.69) is 17.6 Å². The second-order valence-corrected chi connectivity index (χ2v) is 5.46. The Hall–Kier alpha value is -1.23. The number of aromatic nitrogens is 2. The lowest BCUT2D eigenvalue weighted by Gasteiger charge is -2.26. The fraction of sp³-hybridized carbons (Fsp3) is 0.538. The molecule has 2 heterocycles. The Morgan fingerprint density at radius 1 is 1.44 bits per heavy atom. The number of oxazole rings is 1. The van der Waals surface area contributed by atoms with Crippen LogP contribution in [0, 0.1) is 5.41 Å². The first-order valence-electron chi connectivity index (χ1n) is 6.29.